The number of halogens is 3. The van der Waals surface area contributed by atoms with E-state index >= 15 is 0 Å². The minimum absolute atomic E-state index is 0.0253. The number of esters is 1. The minimum atomic E-state index is -4.53. The van der Waals surface area contributed by atoms with Gasteiger partial charge in [-0.15, -0.1) is 0 Å². The van der Waals surface area contributed by atoms with E-state index in [9.17, 15) is 18.0 Å². The highest BCUT2D eigenvalue weighted by Crippen LogP contribution is 2.19. The molecule has 2 aromatic rings. The number of para-hydroxylation sites is 1. The van der Waals surface area contributed by atoms with E-state index in [1.165, 1.54) is 12.3 Å². The van der Waals surface area contributed by atoms with E-state index in [0.29, 0.717) is 10.9 Å². The highest BCUT2D eigenvalue weighted by atomic mass is 19.4. The van der Waals surface area contributed by atoms with Gasteiger partial charge in [0, 0.05) is 11.6 Å². The molecule has 0 bridgehead atoms. The van der Waals surface area contributed by atoms with Crippen LogP contribution in [0.3, 0.4) is 0 Å². The zero-order chi connectivity index (χ0) is 13.2. The molecule has 0 radical (unpaired) electrons. The summed E-state index contributed by atoms with van der Waals surface area (Å²) in [4.78, 5) is 15.5. The van der Waals surface area contributed by atoms with Crippen LogP contribution in [0.2, 0.25) is 0 Å². The number of carbonyl (C=O) groups excluding carboxylic acids is 1. The molecule has 0 aliphatic rings. The molecular weight excluding hydrogens is 247 g/mol. The first kappa shape index (κ1) is 12.3. The van der Waals surface area contributed by atoms with Crippen LogP contribution < -0.4 is 0 Å². The normalized spacial score (nSPS) is 11.5. The summed E-state index contributed by atoms with van der Waals surface area (Å²) in [6.07, 6.45) is -3.07. The number of fused-ring (bicyclic) bond motifs is 1. The second kappa shape index (κ2) is 4.64. The van der Waals surface area contributed by atoms with Crippen molar-refractivity contribution in [3.8, 4) is 0 Å². The SMILES string of the molecule is O=C(OCC(F)(F)F)c1cccc2cccnc12. The fourth-order valence-corrected chi connectivity index (χ4v) is 1.49. The first-order valence-corrected chi connectivity index (χ1v) is 5.05. The summed E-state index contributed by atoms with van der Waals surface area (Å²) in [5.41, 5.74) is 0.351. The van der Waals surface area contributed by atoms with Gasteiger partial charge < -0.3 is 4.74 Å². The molecule has 0 aliphatic carbocycles. The van der Waals surface area contributed by atoms with Crippen LogP contribution in [0.25, 0.3) is 10.9 Å². The molecule has 6 heteroatoms. The summed E-state index contributed by atoms with van der Waals surface area (Å²) in [6, 6.07) is 8.04. The molecule has 0 saturated carbocycles. The Morgan fingerprint density at radius 3 is 2.67 bits per heavy atom. The molecule has 2 rings (SSSR count). The topological polar surface area (TPSA) is 39.2 Å². The fourth-order valence-electron chi connectivity index (χ4n) is 1.49. The van der Waals surface area contributed by atoms with E-state index in [2.05, 4.69) is 9.72 Å². The Kier molecular flexibility index (Phi) is 3.18. The number of benzene rings is 1. The number of pyridine rings is 1. The van der Waals surface area contributed by atoms with Gasteiger partial charge in [0.15, 0.2) is 6.61 Å². The molecule has 1 aromatic heterocycles. The van der Waals surface area contributed by atoms with Crippen molar-refractivity contribution >= 4 is 16.9 Å². The van der Waals surface area contributed by atoms with Gasteiger partial charge in [-0.25, -0.2) is 4.79 Å². The van der Waals surface area contributed by atoms with Crippen LogP contribution in [-0.2, 0) is 4.74 Å². The van der Waals surface area contributed by atoms with Gasteiger partial charge in [-0.2, -0.15) is 13.2 Å². The Morgan fingerprint density at radius 1 is 1.22 bits per heavy atom. The van der Waals surface area contributed by atoms with Gasteiger partial charge in [-0.05, 0) is 12.1 Å². The van der Waals surface area contributed by atoms with Crippen molar-refractivity contribution < 1.29 is 22.7 Å². The summed E-state index contributed by atoms with van der Waals surface area (Å²) in [5.74, 6) is -1.03. The average molecular weight is 255 g/mol. The number of ether oxygens (including phenoxy) is 1. The van der Waals surface area contributed by atoms with Crippen molar-refractivity contribution in [2.45, 2.75) is 6.18 Å². The van der Waals surface area contributed by atoms with Crippen LogP contribution in [0.1, 0.15) is 10.4 Å². The summed E-state index contributed by atoms with van der Waals surface area (Å²) in [6.45, 7) is -1.60. The molecule has 94 valence electrons. The average Bonchev–Trinajstić information content (AvgIpc) is 2.34. The Hall–Kier alpha value is -2.11. The fraction of sp³-hybridized carbons (Fsp3) is 0.167. The zero-order valence-corrected chi connectivity index (χ0v) is 9.07. The molecule has 0 fully saturated rings. The number of nitrogens with zero attached hydrogens (tertiary/aromatic N) is 1. The van der Waals surface area contributed by atoms with Crippen LogP contribution in [0, 0.1) is 0 Å². The molecule has 3 nitrogen and oxygen atoms in total. The van der Waals surface area contributed by atoms with Gasteiger partial charge >= 0.3 is 12.1 Å². The predicted octanol–water partition coefficient (Wildman–Crippen LogP) is 2.95. The largest absolute Gasteiger partial charge is 0.452 e. The van der Waals surface area contributed by atoms with Crippen molar-refractivity contribution in [3.05, 3.63) is 42.1 Å². The molecule has 0 saturated heterocycles. The standard InChI is InChI=1S/C12H8F3NO2/c13-12(14,15)7-18-11(17)9-5-1-3-8-4-2-6-16-10(8)9/h1-6H,7H2. The Morgan fingerprint density at radius 2 is 1.94 bits per heavy atom. The lowest BCUT2D eigenvalue weighted by molar-refractivity contribution is -0.161. The van der Waals surface area contributed by atoms with E-state index in [0.717, 1.165) is 0 Å². The third kappa shape index (κ3) is 2.77. The highest BCUT2D eigenvalue weighted by Gasteiger charge is 2.30. The quantitative estimate of drug-likeness (QED) is 0.774. The number of alkyl halides is 3. The Labute approximate surface area is 100 Å². The van der Waals surface area contributed by atoms with Crippen LogP contribution in [0.5, 0.6) is 0 Å². The number of carbonyl (C=O) groups is 1. The number of hydrogen-bond acceptors (Lipinski definition) is 3. The molecule has 0 spiro atoms. The first-order valence-electron chi connectivity index (χ1n) is 5.05. The molecule has 0 atom stereocenters. The van der Waals surface area contributed by atoms with Gasteiger partial charge in [0.05, 0.1) is 11.1 Å². The molecule has 1 aromatic carbocycles. The van der Waals surface area contributed by atoms with Crippen LogP contribution in [0.4, 0.5) is 13.2 Å². The van der Waals surface area contributed by atoms with E-state index in [4.69, 9.17) is 0 Å². The second-order valence-corrected chi connectivity index (χ2v) is 3.57. The van der Waals surface area contributed by atoms with Crippen molar-refractivity contribution in [3.63, 3.8) is 0 Å². The van der Waals surface area contributed by atoms with Crippen molar-refractivity contribution in [1.29, 1.82) is 0 Å². The third-order valence-electron chi connectivity index (χ3n) is 2.22. The van der Waals surface area contributed by atoms with Crippen LogP contribution >= 0.6 is 0 Å². The monoisotopic (exact) mass is 255 g/mol. The van der Waals surface area contributed by atoms with Gasteiger partial charge in [-0.1, -0.05) is 18.2 Å². The third-order valence-corrected chi connectivity index (χ3v) is 2.22. The molecule has 0 unspecified atom stereocenters. The Balaban J connectivity index is 2.28. The zero-order valence-electron chi connectivity index (χ0n) is 9.07. The van der Waals surface area contributed by atoms with Crippen molar-refractivity contribution in [2.24, 2.45) is 0 Å². The molecule has 18 heavy (non-hydrogen) atoms. The number of hydrogen-bond donors (Lipinski definition) is 0. The maximum Gasteiger partial charge on any atom is 0.422 e. The maximum absolute atomic E-state index is 12.0. The minimum Gasteiger partial charge on any atom is -0.452 e. The molecule has 1 heterocycles. The van der Waals surface area contributed by atoms with Crippen LogP contribution in [-0.4, -0.2) is 23.7 Å². The predicted molar refractivity (Wildman–Crippen MR) is 58.1 cm³/mol. The number of rotatable bonds is 2. The lowest BCUT2D eigenvalue weighted by atomic mass is 10.1. The van der Waals surface area contributed by atoms with E-state index < -0.39 is 18.8 Å². The van der Waals surface area contributed by atoms with E-state index in [1.807, 2.05) is 0 Å². The summed E-state index contributed by atoms with van der Waals surface area (Å²) >= 11 is 0. The van der Waals surface area contributed by atoms with E-state index in [-0.39, 0.29) is 5.56 Å². The lowest BCUT2D eigenvalue weighted by Gasteiger charge is -2.08. The Bertz CT molecular complexity index is 576. The maximum atomic E-state index is 12.0. The summed E-state index contributed by atoms with van der Waals surface area (Å²) < 4.78 is 40.1. The summed E-state index contributed by atoms with van der Waals surface area (Å²) in [7, 11) is 0. The van der Waals surface area contributed by atoms with Crippen LogP contribution in [0.15, 0.2) is 36.5 Å². The van der Waals surface area contributed by atoms with Gasteiger partial charge in [0.1, 0.15) is 0 Å². The van der Waals surface area contributed by atoms with Gasteiger partial charge in [-0.3, -0.25) is 4.98 Å². The summed E-state index contributed by atoms with van der Waals surface area (Å²) in [5, 5.41) is 0.666. The van der Waals surface area contributed by atoms with Crippen molar-refractivity contribution in [1.82, 2.24) is 4.98 Å². The van der Waals surface area contributed by atoms with Gasteiger partial charge in [0.25, 0.3) is 0 Å². The first-order chi connectivity index (χ1) is 8.47. The molecule has 0 N–H and O–H groups in total. The van der Waals surface area contributed by atoms with Gasteiger partial charge in [0.2, 0.25) is 0 Å². The lowest BCUT2D eigenvalue weighted by Crippen LogP contribution is -2.20. The van der Waals surface area contributed by atoms with Crippen molar-refractivity contribution in [2.75, 3.05) is 6.61 Å². The highest BCUT2D eigenvalue weighted by molar-refractivity contribution is 6.02. The molecule has 0 aliphatic heterocycles. The second-order valence-electron chi connectivity index (χ2n) is 3.57. The molecular formula is C12H8F3NO2. The number of aromatic nitrogens is 1. The smallest absolute Gasteiger partial charge is 0.422 e. The van der Waals surface area contributed by atoms with E-state index in [1.54, 1.807) is 24.3 Å². The molecule has 0 amide bonds.